The van der Waals surface area contributed by atoms with E-state index in [4.69, 9.17) is 9.05 Å². The molecule has 3 aliphatic carbocycles. The summed E-state index contributed by atoms with van der Waals surface area (Å²) in [6.07, 6.45) is 10.7. The minimum atomic E-state index is -3.13. The Labute approximate surface area is 145 Å². The van der Waals surface area contributed by atoms with E-state index in [-0.39, 0.29) is 30.1 Å². The van der Waals surface area contributed by atoms with Gasteiger partial charge in [0.15, 0.2) is 0 Å². The Hall–Kier alpha value is 0.0700. The molecule has 3 saturated carbocycles. The van der Waals surface area contributed by atoms with Gasteiger partial charge in [0, 0.05) is 0 Å². The molecule has 0 radical (unpaired) electrons. The van der Waals surface area contributed by atoms with Crippen LogP contribution in [0.1, 0.15) is 83.5 Å². The van der Waals surface area contributed by atoms with Gasteiger partial charge in [-0.1, -0.05) is 19.3 Å². The fourth-order valence-corrected chi connectivity index (χ4v) is 6.96. The van der Waals surface area contributed by atoms with Crippen LogP contribution in [0.2, 0.25) is 0 Å². The molecule has 0 spiro atoms. The summed E-state index contributed by atoms with van der Waals surface area (Å²) in [6, 6.07) is 0. The smallest absolute Gasteiger partial charge is 0.334 e. The standard InChI is InChI=1S/C18H33O5P/c19-14-6-10-16(11-7-14)22-24(21,18-4-2-1-3-5-18)23-17-12-8-15(20)9-13-17/h14-20H,1-13H2. The highest BCUT2D eigenvalue weighted by atomic mass is 31.2. The summed E-state index contributed by atoms with van der Waals surface area (Å²) in [7, 11) is -3.13. The summed E-state index contributed by atoms with van der Waals surface area (Å²) >= 11 is 0. The van der Waals surface area contributed by atoms with Crippen molar-refractivity contribution in [3.8, 4) is 0 Å². The van der Waals surface area contributed by atoms with E-state index in [1.54, 1.807) is 0 Å². The lowest BCUT2D eigenvalue weighted by Gasteiger charge is -2.37. The number of hydrogen-bond acceptors (Lipinski definition) is 5. The number of hydrogen-bond donors (Lipinski definition) is 2. The van der Waals surface area contributed by atoms with Crippen molar-refractivity contribution < 1.29 is 23.8 Å². The second-order valence-corrected chi connectivity index (χ2v) is 10.1. The van der Waals surface area contributed by atoms with Gasteiger partial charge in [-0.25, -0.2) is 0 Å². The van der Waals surface area contributed by atoms with Gasteiger partial charge in [0.1, 0.15) is 0 Å². The molecule has 6 heteroatoms. The maximum atomic E-state index is 13.7. The van der Waals surface area contributed by atoms with Crippen LogP contribution in [-0.2, 0) is 13.6 Å². The second-order valence-electron chi connectivity index (χ2n) is 7.90. The summed E-state index contributed by atoms with van der Waals surface area (Å²) in [5.74, 6) is 0. The van der Waals surface area contributed by atoms with E-state index in [1.165, 1.54) is 6.42 Å². The van der Waals surface area contributed by atoms with Crippen LogP contribution < -0.4 is 0 Å². The molecule has 0 aromatic carbocycles. The van der Waals surface area contributed by atoms with E-state index in [2.05, 4.69) is 0 Å². The molecule has 0 aromatic heterocycles. The van der Waals surface area contributed by atoms with Crippen molar-refractivity contribution >= 4 is 7.60 Å². The minimum absolute atomic E-state index is 0.0324. The summed E-state index contributed by atoms with van der Waals surface area (Å²) in [4.78, 5) is 0. The monoisotopic (exact) mass is 360 g/mol. The zero-order valence-corrected chi connectivity index (χ0v) is 15.5. The maximum absolute atomic E-state index is 13.7. The zero-order chi connectivity index (χ0) is 17.0. The van der Waals surface area contributed by atoms with E-state index in [0.717, 1.165) is 77.0 Å². The van der Waals surface area contributed by atoms with Crippen molar-refractivity contribution in [3.63, 3.8) is 0 Å². The van der Waals surface area contributed by atoms with E-state index in [0.29, 0.717) is 0 Å². The van der Waals surface area contributed by atoms with Crippen LogP contribution in [0.3, 0.4) is 0 Å². The Morgan fingerprint density at radius 1 is 0.625 bits per heavy atom. The lowest BCUT2D eigenvalue weighted by Crippen LogP contribution is -2.30. The third-order valence-electron chi connectivity index (χ3n) is 5.90. The number of aliphatic hydroxyl groups is 2. The topological polar surface area (TPSA) is 76.0 Å². The lowest BCUT2D eigenvalue weighted by molar-refractivity contribution is 0.0261. The summed E-state index contributed by atoms with van der Waals surface area (Å²) < 4.78 is 26.0. The summed E-state index contributed by atoms with van der Waals surface area (Å²) in [5.41, 5.74) is 0.0324. The molecule has 0 unspecified atom stereocenters. The van der Waals surface area contributed by atoms with Crippen LogP contribution in [0, 0.1) is 0 Å². The van der Waals surface area contributed by atoms with Crippen molar-refractivity contribution in [2.75, 3.05) is 0 Å². The first-order chi connectivity index (χ1) is 11.5. The Bertz CT molecular complexity index is 393. The molecule has 24 heavy (non-hydrogen) atoms. The average Bonchev–Trinajstić information content (AvgIpc) is 2.60. The van der Waals surface area contributed by atoms with Gasteiger partial charge in [0.05, 0.1) is 30.1 Å². The molecule has 3 rings (SSSR count). The molecule has 0 heterocycles. The molecule has 5 nitrogen and oxygen atoms in total. The molecule has 0 aromatic rings. The van der Waals surface area contributed by atoms with Crippen molar-refractivity contribution in [3.05, 3.63) is 0 Å². The largest absolute Gasteiger partial charge is 0.393 e. The molecule has 0 bridgehead atoms. The fraction of sp³-hybridized carbons (Fsp3) is 1.00. The lowest BCUT2D eigenvalue weighted by atomic mass is 9.95. The molecule has 3 aliphatic rings. The number of aliphatic hydroxyl groups excluding tert-OH is 2. The summed E-state index contributed by atoms with van der Waals surface area (Å²) in [6.45, 7) is 0. The van der Waals surface area contributed by atoms with Crippen LogP contribution >= 0.6 is 7.60 Å². The van der Waals surface area contributed by atoms with E-state index < -0.39 is 7.60 Å². The van der Waals surface area contributed by atoms with Gasteiger partial charge in [0.25, 0.3) is 0 Å². The molecular weight excluding hydrogens is 327 g/mol. The van der Waals surface area contributed by atoms with Crippen molar-refractivity contribution in [2.24, 2.45) is 0 Å². The first-order valence-electron chi connectivity index (χ1n) is 9.88. The highest BCUT2D eigenvalue weighted by molar-refractivity contribution is 7.54. The van der Waals surface area contributed by atoms with E-state index in [9.17, 15) is 14.8 Å². The zero-order valence-electron chi connectivity index (χ0n) is 14.6. The predicted octanol–water partition coefficient (Wildman–Crippen LogP) is 4.15. The highest BCUT2D eigenvalue weighted by Gasteiger charge is 2.42. The summed E-state index contributed by atoms with van der Waals surface area (Å²) in [5, 5.41) is 19.4. The molecule has 0 amide bonds. The normalized spacial score (nSPS) is 38.6. The van der Waals surface area contributed by atoms with Gasteiger partial charge in [-0.2, -0.15) is 0 Å². The van der Waals surface area contributed by atoms with Crippen molar-refractivity contribution in [1.82, 2.24) is 0 Å². The van der Waals surface area contributed by atoms with Gasteiger partial charge in [-0.15, -0.1) is 0 Å². The maximum Gasteiger partial charge on any atom is 0.334 e. The third kappa shape index (κ3) is 5.04. The van der Waals surface area contributed by atoms with Gasteiger partial charge in [0.2, 0.25) is 0 Å². The van der Waals surface area contributed by atoms with Gasteiger partial charge in [-0.05, 0) is 64.2 Å². The van der Waals surface area contributed by atoms with Crippen molar-refractivity contribution in [2.45, 2.75) is 114 Å². The first-order valence-corrected chi connectivity index (χ1v) is 11.5. The van der Waals surface area contributed by atoms with Crippen LogP contribution in [-0.4, -0.2) is 40.3 Å². The highest BCUT2D eigenvalue weighted by Crippen LogP contribution is 2.60. The molecule has 0 atom stereocenters. The van der Waals surface area contributed by atoms with E-state index >= 15 is 0 Å². The van der Waals surface area contributed by atoms with Gasteiger partial charge >= 0.3 is 7.60 Å². The van der Waals surface area contributed by atoms with Gasteiger partial charge in [-0.3, -0.25) is 4.57 Å². The van der Waals surface area contributed by atoms with Crippen LogP contribution in [0.4, 0.5) is 0 Å². The number of rotatable bonds is 5. The molecule has 2 N–H and O–H groups in total. The Balaban J connectivity index is 1.64. The van der Waals surface area contributed by atoms with Crippen LogP contribution in [0.15, 0.2) is 0 Å². The molecule has 140 valence electrons. The molecule has 0 saturated heterocycles. The third-order valence-corrected chi connectivity index (χ3v) is 8.50. The predicted molar refractivity (Wildman–Crippen MR) is 93.2 cm³/mol. The Kier molecular flexibility index (Phi) is 6.78. The van der Waals surface area contributed by atoms with Crippen molar-refractivity contribution in [1.29, 1.82) is 0 Å². The van der Waals surface area contributed by atoms with Crippen LogP contribution in [0.25, 0.3) is 0 Å². The fourth-order valence-electron chi connectivity index (χ4n) is 4.31. The van der Waals surface area contributed by atoms with E-state index in [1.807, 2.05) is 0 Å². The van der Waals surface area contributed by atoms with Crippen LogP contribution in [0.5, 0.6) is 0 Å². The molecular formula is C18H33O5P. The van der Waals surface area contributed by atoms with Gasteiger partial charge < -0.3 is 19.3 Å². The Morgan fingerprint density at radius 2 is 1.04 bits per heavy atom. The second kappa shape index (κ2) is 8.64. The Morgan fingerprint density at radius 3 is 1.46 bits per heavy atom. The molecule has 3 fully saturated rings. The molecule has 0 aliphatic heterocycles. The quantitative estimate of drug-likeness (QED) is 0.720. The SMILES string of the molecule is O=P(OC1CCC(O)CC1)(OC1CCC(O)CC1)C1CCCCC1. The average molecular weight is 360 g/mol. The minimum Gasteiger partial charge on any atom is -0.393 e. The first kappa shape index (κ1) is 18.8.